The number of allylic oxidation sites excluding steroid dienone is 4. The normalized spacial score (nSPS) is 17.8. The zero-order chi connectivity index (χ0) is 26.8. The fraction of sp³-hybridized carbons (Fsp3) is 0.448. The van der Waals surface area contributed by atoms with E-state index in [2.05, 4.69) is 54.5 Å². The summed E-state index contributed by atoms with van der Waals surface area (Å²) in [6, 6.07) is 0.938. The third-order valence-corrected chi connectivity index (χ3v) is 6.17. The summed E-state index contributed by atoms with van der Waals surface area (Å²) in [5, 5.41) is 9.52. The van der Waals surface area contributed by atoms with Crippen molar-refractivity contribution in [3.8, 4) is 0 Å². The molecule has 0 bridgehead atoms. The van der Waals surface area contributed by atoms with Gasteiger partial charge in [0.25, 0.3) is 5.91 Å². The maximum atomic E-state index is 13.5. The number of H-pyrrole nitrogens is 1. The molecular formula is C29H42N4O3. The number of carbonyl (C=O) groups excluding carboxylic acids is 2. The standard InChI is InChI=1S/C29H42N4O3/c1-9-13-19(7)14-22(30-20(8)10-2)16-25(29(35)33-27(18(5)6)26-17-36-26)32-28(34)24-15-21(11-3)23(12-4)31-24/h9,11-15,18,20,25-27,30-31H,3-4,7,10,16-17H2,1-2,5-6,8H3,(H,32,34)(H,33,35)/b13-9-,22-14-. The van der Waals surface area contributed by atoms with Crippen LogP contribution in [0.3, 0.4) is 0 Å². The molecule has 1 aliphatic heterocycles. The Morgan fingerprint density at radius 3 is 2.39 bits per heavy atom. The van der Waals surface area contributed by atoms with E-state index in [-0.39, 0.29) is 42.3 Å². The molecule has 7 nitrogen and oxygen atoms in total. The van der Waals surface area contributed by atoms with E-state index in [1.54, 1.807) is 18.2 Å². The molecule has 1 aromatic heterocycles. The summed E-state index contributed by atoms with van der Waals surface area (Å²) >= 11 is 0. The minimum atomic E-state index is -0.818. The Kier molecular flexibility index (Phi) is 11.0. The summed E-state index contributed by atoms with van der Waals surface area (Å²) in [7, 11) is 0. The van der Waals surface area contributed by atoms with Gasteiger partial charge in [-0.05, 0) is 55.5 Å². The van der Waals surface area contributed by atoms with Crippen LogP contribution in [0.2, 0.25) is 0 Å². The van der Waals surface area contributed by atoms with Gasteiger partial charge in [-0.15, -0.1) is 0 Å². The lowest BCUT2D eigenvalue weighted by molar-refractivity contribution is -0.124. The second-order valence-electron chi connectivity index (χ2n) is 9.54. The van der Waals surface area contributed by atoms with Gasteiger partial charge >= 0.3 is 0 Å². The van der Waals surface area contributed by atoms with Crippen LogP contribution in [0.1, 0.15) is 69.2 Å². The summed E-state index contributed by atoms with van der Waals surface area (Å²) in [4.78, 5) is 29.8. The molecule has 0 aliphatic carbocycles. The molecule has 2 heterocycles. The Balaban J connectivity index is 2.35. The molecule has 4 N–H and O–H groups in total. The zero-order valence-corrected chi connectivity index (χ0v) is 22.3. The Labute approximate surface area is 215 Å². The predicted molar refractivity (Wildman–Crippen MR) is 148 cm³/mol. The van der Waals surface area contributed by atoms with Crippen molar-refractivity contribution < 1.29 is 14.3 Å². The molecule has 2 amide bonds. The van der Waals surface area contributed by atoms with Crippen LogP contribution in [0.25, 0.3) is 12.2 Å². The SMILES string of the molecule is C=Cc1cc(C(=O)NC(C/C(=C/C(=C)/C=C\C)NC(C)CC)C(=O)NC(C(C)C)C2CO2)[nH]c1C=C. The van der Waals surface area contributed by atoms with E-state index < -0.39 is 6.04 Å². The Morgan fingerprint density at radius 1 is 1.19 bits per heavy atom. The molecule has 1 saturated heterocycles. The third-order valence-electron chi connectivity index (χ3n) is 6.17. The van der Waals surface area contributed by atoms with Gasteiger partial charge in [0, 0.05) is 23.9 Å². The van der Waals surface area contributed by atoms with Gasteiger partial charge in [-0.2, -0.15) is 0 Å². The molecule has 1 aromatic rings. The molecule has 7 heteroatoms. The molecule has 2 rings (SSSR count). The van der Waals surface area contributed by atoms with Gasteiger partial charge in [-0.25, -0.2) is 0 Å². The average molecular weight is 495 g/mol. The number of aromatic amines is 1. The van der Waals surface area contributed by atoms with E-state index in [1.807, 2.05) is 39.0 Å². The van der Waals surface area contributed by atoms with Crippen LogP contribution in [0.4, 0.5) is 0 Å². The van der Waals surface area contributed by atoms with Gasteiger partial charge in [0.15, 0.2) is 0 Å². The lowest BCUT2D eigenvalue weighted by atomic mass is 10.00. The zero-order valence-electron chi connectivity index (χ0n) is 22.3. The summed E-state index contributed by atoms with van der Waals surface area (Å²) in [5.74, 6) is -0.454. The summed E-state index contributed by atoms with van der Waals surface area (Å²) in [5.41, 5.74) is 3.42. The number of amides is 2. The van der Waals surface area contributed by atoms with Crippen molar-refractivity contribution in [3.05, 3.63) is 72.3 Å². The van der Waals surface area contributed by atoms with Gasteiger partial charge in [0.05, 0.1) is 12.6 Å². The van der Waals surface area contributed by atoms with Gasteiger partial charge in [0.2, 0.25) is 5.91 Å². The fourth-order valence-electron chi connectivity index (χ4n) is 3.89. The van der Waals surface area contributed by atoms with Crippen LogP contribution < -0.4 is 16.0 Å². The number of hydrogen-bond donors (Lipinski definition) is 4. The monoisotopic (exact) mass is 494 g/mol. The first-order valence-electron chi connectivity index (χ1n) is 12.6. The maximum absolute atomic E-state index is 13.5. The average Bonchev–Trinajstić information content (AvgIpc) is 3.58. The highest BCUT2D eigenvalue weighted by molar-refractivity contribution is 5.97. The number of carbonyl (C=O) groups is 2. The van der Waals surface area contributed by atoms with E-state index in [9.17, 15) is 9.59 Å². The Bertz CT molecular complexity index is 986. The highest BCUT2D eigenvalue weighted by atomic mass is 16.6. The van der Waals surface area contributed by atoms with Crippen LogP contribution in [0.15, 0.2) is 55.3 Å². The highest BCUT2D eigenvalue weighted by Crippen LogP contribution is 2.21. The molecule has 0 spiro atoms. The Hall–Kier alpha value is -3.32. The number of aromatic nitrogens is 1. The van der Waals surface area contributed by atoms with Crippen LogP contribution in [-0.2, 0) is 9.53 Å². The topological polar surface area (TPSA) is 98.6 Å². The van der Waals surface area contributed by atoms with E-state index in [0.29, 0.717) is 18.0 Å². The molecular weight excluding hydrogens is 452 g/mol. The van der Waals surface area contributed by atoms with Crippen molar-refractivity contribution in [3.63, 3.8) is 0 Å². The van der Waals surface area contributed by atoms with Crippen molar-refractivity contribution in [2.24, 2.45) is 5.92 Å². The van der Waals surface area contributed by atoms with Crippen molar-refractivity contribution in [1.82, 2.24) is 20.9 Å². The number of epoxide rings is 1. The first-order valence-corrected chi connectivity index (χ1v) is 12.6. The molecule has 4 unspecified atom stereocenters. The summed E-state index contributed by atoms with van der Waals surface area (Å²) in [6.07, 6.45) is 10.2. The van der Waals surface area contributed by atoms with E-state index >= 15 is 0 Å². The lowest BCUT2D eigenvalue weighted by Crippen LogP contribution is -2.53. The van der Waals surface area contributed by atoms with Crippen molar-refractivity contribution in [2.75, 3.05) is 6.61 Å². The number of rotatable bonds is 15. The van der Waals surface area contributed by atoms with Crippen LogP contribution in [0.5, 0.6) is 0 Å². The number of hydrogen-bond acceptors (Lipinski definition) is 4. The predicted octanol–water partition coefficient (Wildman–Crippen LogP) is 4.73. The van der Waals surface area contributed by atoms with Gasteiger partial charge in [-0.3, -0.25) is 9.59 Å². The van der Waals surface area contributed by atoms with Gasteiger partial charge < -0.3 is 25.7 Å². The lowest BCUT2D eigenvalue weighted by Gasteiger charge is -2.26. The van der Waals surface area contributed by atoms with Crippen LogP contribution >= 0.6 is 0 Å². The molecule has 196 valence electrons. The van der Waals surface area contributed by atoms with E-state index in [4.69, 9.17) is 4.74 Å². The molecule has 0 saturated carbocycles. The molecule has 4 atom stereocenters. The maximum Gasteiger partial charge on any atom is 0.268 e. The quantitative estimate of drug-likeness (QED) is 0.209. The molecule has 1 fully saturated rings. The van der Waals surface area contributed by atoms with Crippen LogP contribution in [-0.4, -0.2) is 47.6 Å². The van der Waals surface area contributed by atoms with Crippen LogP contribution in [0, 0.1) is 5.92 Å². The second kappa shape index (κ2) is 13.7. The first kappa shape index (κ1) is 28.9. The Morgan fingerprint density at radius 2 is 1.89 bits per heavy atom. The van der Waals surface area contributed by atoms with Gasteiger partial charge in [0.1, 0.15) is 17.8 Å². The summed E-state index contributed by atoms with van der Waals surface area (Å²) < 4.78 is 5.46. The molecule has 0 aromatic carbocycles. The number of nitrogens with one attached hydrogen (secondary N) is 4. The largest absolute Gasteiger partial charge is 0.386 e. The minimum absolute atomic E-state index is 0.00160. The number of ether oxygens (including phenoxy) is 1. The second-order valence-corrected chi connectivity index (χ2v) is 9.54. The third kappa shape index (κ3) is 8.41. The van der Waals surface area contributed by atoms with Crippen molar-refractivity contribution in [1.29, 1.82) is 0 Å². The molecule has 0 radical (unpaired) electrons. The molecule has 1 aliphatic rings. The fourth-order valence-corrected chi connectivity index (χ4v) is 3.89. The van der Waals surface area contributed by atoms with Crippen molar-refractivity contribution in [2.45, 2.75) is 71.7 Å². The first-order chi connectivity index (χ1) is 17.1. The van der Waals surface area contributed by atoms with E-state index in [0.717, 1.165) is 23.3 Å². The smallest absolute Gasteiger partial charge is 0.268 e. The minimum Gasteiger partial charge on any atom is -0.386 e. The van der Waals surface area contributed by atoms with Gasteiger partial charge in [-0.1, -0.05) is 58.7 Å². The summed E-state index contributed by atoms with van der Waals surface area (Å²) in [6.45, 7) is 22.4. The molecule has 36 heavy (non-hydrogen) atoms. The highest BCUT2D eigenvalue weighted by Gasteiger charge is 2.37. The van der Waals surface area contributed by atoms with Crippen molar-refractivity contribution >= 4 is 24.0 Å². The van der Waals surface area contributed by atoms with E-state index in [1.165, 1.54) is 0 Å².